The van der Waals surface area contributed by atoms with Crippen LogP contribution in [0.15, 0.2) is 24.4 Å². The van der Waals surface area contributed by atoms with Crippen molar-refractivity contribution >= 4 is 17.6 Å². The largest absolute Gasteiger partial charge is 0.354 e. The fourth-order valence-corrected chi connectivity index (χ4v) is 2.34. The van der Waals surface area contributed by atoms with Crippen LogP contribution in [0.3, 0.4) is 0 Å². The van der Waals surface area contributed by atoms with Crippen molar-refractivity contribution in [3.63, 3.8) is 0 Å². The van der Waals surface area contributed by atoms with Crippen LogP contribution in [0.25, 0.3) is 0 Å². The lowest BCUT2D eigenvalue weighted by Gasteiger charge is -2.30. The van der Waals surface area contributed by atoms with E-state index in [9.17, 15) is 9.59 Å². The van der Waals surface area contributed by atoms with Crippen LogP contribution < -0.4 is 20.5 Å². The van der Waals surface area contributed by atoms with Crippen LogP contribution in [0, 0.1) is 0 Å². The van der Waals surface area contributed by atoms with E-state index < -0.39 is 0 Å². The molecule has 4 N–H and O–H groups in total. The summed E-state index contributed by atoms with van der Waals surface area (Å²) in [7, 11) is 1.60. The number of nitrogens with zero attached hydrogens (tertiary/aromatic N) is 2. The lowest BCUT2D eigenvalue weighted by molar-refractivity contribution is -0.633. The molecule has 1 aromatic heterocycles. The number of anilines is 1. The predicted molar refractivity (Wildman–Crippen MR) is 77.5 cm³/mol. The van der Waals surface area contributed by atoms with Crippen molar-refractivity contribution in [1.29, 1.82) is 0 Å². The van der Waals surface area contributed by atoms with Crippen molar-refractivity contribution in [3.05, 3.63) is 24.4 Å². The first-order valence-electron chi connectivity index (χ1n) is 7.22. The Morgan fingerprint density at radius 2 is 2.00 bits per heavy atom. The molecular formula is C14H23N5O2+2. The molecule has 7 nitrogen and oxygen atoms in total. The zero-order valence-electron chi connectivity index (χ0n) is 12.3. The van der Waals surface area contributed by atoms with E-state index in [0.717, 1.165) is 32.0 Å². The van der Waals surface area contributed by atoms with Crippen LogP contribution in [0.4, 0.5) is 5.82 Å². The quantitative estimate of drug-likeness (QED) is 0.627. The number of piperazine rings is 1. The second-order valence-corrected chi connectivity index (χ2v) is 4.99. The molecule has 21 heavy (non-hydrogen) atoms. The molecule has 2 amide bonds. The highest BCUT2D eigenvalue weighted by Gasteiger charge is 2.26. The molecular weight excluding hydrogens is 270 g/mol. The van der Waals surface area contributed by atoms with Crippen molar-refractivity contribution in [2.24, 2.45) is 0 Å². The van der Waals surface area contributed by atoms with Gasteiger partial charge >= 0.3 is 0 Å². The standard InChI is InChI=1S/C14H21N5O2/c1-15-13(20)10-16-11-14(21)19-8-6-18(7-9-19)12-4-2-3-5-17-12/h2-5,16H,6-11H2,1H3,(H,15,20)/p+2. The van der Waals surface area contributed by atoms with Gasteiger partial charge in [-0.1, -0.05) is 6.07 Å². The lowest BCUT2D eigenvalue weighted by Crippen LogP contribution is -2.88. The van der Waals surface area contributed by atoms with Crippen molar-refractivity contribution in [2.75, 3.05) is 51.2 Å². The minimum atomic E-state index is -0.0627. The second-order valence-electron chi connectivity index (χ2n) is 4.99. The Kier molecular flexibility index (Phi) is 5.51. The first-order valence-corrected chi connectivity index (χ1v) is 7.22. The Hall–Kier alpha value is -2.15. The number of rotatable bonds is 5. The van der Waals surface area contributed by atoms with Crippen LogP contribution >= 0.6 is 0 Å². The van der Waals surface area contributed by atoms with Gasteiger partial charge in [0, 0.05) is 13.1 Å². The Balaban J connectivity index is 1.73. The number of aromatic amines is 1. The Morgan fingerprint density at radius 3 is 2.62 bits per heavy atom. The average Bonchev–Trinajstić information content (AvgIpc) is 2.55. The lowest BCUT2D eigenvalue weighted by atomic mass is 10.3. The Labute approximate surface area is 124 Å². The minimum absolute atomic E-state index is 0.0627. The van der Waals surface area contributed by atoms with E-state index in [1.54, 1.807) is 12.4 Å². The highest BCUT2D eigenvalue weighted by atomic mass is 16.2. The van der Waals surface area contributed by atoms with E-state index in [1.807, 2.05) is 29.3 Å². The fraction of sp³-hybridized carbons (Fsp3) is 0.500. The van der Waals surface area contributed by atoms with Gasteiger partial charge in [-0.3, -0.25) is 14.5 Å². The van der Waals surface area contributed by atoms with E-state index in [4.69, 9.17) is 0 Å². The normalized spacial score (nSPS) is 14.9. The topological polar surface area (TPSA) is 83.4 Å². The molecule has 0 radical (unpaired) electrons. The predicted octanol–water partition coefficient (Wildman–Crippen LogP) is -2.54. The van der Waals surface area contributed by atoms with Crippen LogP contribution in [-0.4, -0.2) is 63.0 Å². The number of hydrogen-bond donors (Lipinski definition) is 2. The van der Waals surface area contributed by atoms with E-state index >= 15 is 0 Å². The van der Waals surface area contributed by atoms with Crippen molar-refractivity contribution in [1.82, 2.24) is 10.2 Å². The third-order valence-electron chi connectivity index (χ3n) is 3.59. The van der Waals surface area contributed by atoms with E-state index in [0.29, 0.717) is 13.1 Å². The van der Waals surface area contributed by atoms with Crippen LogP contribution in [0.1, 0.15) is 0 Å². The molecule has 2 rings (SSSR count). The van der Waals surface area contributed by atoms with Gasteiger partial charge in [-0.15, -0.1) is 0 Å². The average molecular weight is 293 g/mol. The van der Waals surface area contributed by atoms with Gasteiger partial charge in [0.25, 0.3) is 17.6 Å². The van der Waals surface area contributed by atoms with E-state index in [-0.39, 0.29) is 11.8 Å². The molecule has 1 aliphatic rings. The van der Waals surface area contributed by atoms with Gasteiger partial charge in [0.05, 0.1) is 19.3 Å². The fourth-order valence-electron chi connectivity index (χ4n) is 2.34. The Morgan fingerprint density at radius 1 is 1.24 bits per heavy atom. The monoisotopic (exact) mass is 293 g/mol. The van der Waals surface area contributed by atoms with Crippen LogP contribution in [0.2, 0.25) is 0 Å². The maximum atomic E-state index is 12.0. The van der Waals surface area contributed by atoms with E-state index in [1.165, 1.54) is 0 Å². The summed E-state index contributed by atoms with van der Waals surface area (Å²) >= 11 is 0. The van der Waals surface area contributed by atoms with Crippen molar-refractivity contribution in [2.45, 2.75) is 0 Å². The first kappa shape index (κ1) is 15.2. The number of hydrogen-bond acceptors (Lipinski definition) is 3. The summed E-state index contributed by atoms with van der Waals surface area (Å²) in [6.07, 6.45) is 1.90. The van der Waals surface area contributed by atoms with Crippen molar-refractivity contribution < 1.29 is 19.9 Å². The number of likely N-dealkylation sites (N-methyl/N-ethyl adjacent to an activating group) is 1. The molecule has 7 heteroatoms. The van der Waals surface area contributed by atoms with Gasteiger partial charge in [0.15, 0.2) is 13.1 Å². The maximum Gasteiger partial charge on any atom is 0.277 e. The molecule has 1 fully saturated rings. The summed E-state index contributed by atoms with van der Waals surface area (Å²) in [6.45, 7) is 3.69. The number of nitrogens with one attached hydrogen (secondary N) is 2. The number of aromatic nitrogens is 1. The number of quaternary nitrogens is 1. The number of carbonyl (C=O) groups is 2. The smallest absolute Gasteiger partial charge is 0.277 e. The molecule has 0 aromatic carbocycles. The minimum Gasteiger partial charge on any atom is -0.354 e. The van der Waals surface area contributed by atoms with Crippen LogP contribution in [0.5, 0.6) is 0 Å². The van der Waals surface area contributed by atoms with Gasteiger partial charge in [-0.25, -0.2) is 4.98 Å². The summed E-state index contributed by atoms with van der Waals surface area (Å²) in [4.78, 5) is 30.4. The van der Waals surface area contributed by atoms with Gasteiger partial charge in [-0.05, 0) is 6.07 Å². The van der Waals surface area contributed by atoms with Gasteiger partial charge in [0.2, 0.25) is 0 Å². The molecule has 1 aliphatic heterocycles. The van der Waals surface area contributed by atoms with Crippen LogP contribution in [-0.2, 0) is 9.59 Å². The Bertz CT molecular complexity index is 472. The molecule has 1 aromatic rings. The zero-order valence-corrected chi connectivity index (χ0v) is 12.3. The summed E-state index contributed by atoms with van der Waals surface area (Å²) < 4.78 is 0. The number of carbonyl (C=O) groups excluding carboxylic acids is 2. The molecule has 0 aliphatic carbocycles. The van der Waals surface area contributed by atoms with Gasteiger partial charge < -0.3 is 15.5 Å². The molecule has 2 heterocycles. The molecule has 0 spiro atoms. The molecule has 0 atom stereocenters. The number of amides is 2. The SMILES string of the molecule is CNC(=O)C[NH2+]CC(=O)N1CCN(c2cccc[nH+]2)CC1. The number of H-pyrrole nitrogens is 1. The number of nitrogens with two attached hydrogens (primary N) is 1. The molecule has 0 bridgehead atoms. The van der Waals surface area contributed by atoms with Gasteiger partial charge in [-0.2, -0.15) is 0 Å². The summed E-state index contributed by atoms with van der Waals surface area (Å²) in [5.74, 6) is 1.11. The molecule has 1 saturated heterocycles. The highest BCUT2D eigenvalue weighted by Crippen LogP contribution is 2.09. The molecule has 114 valence electrons. The maximum absolute atomic E-state index is 12.0. The van der Waals surface area contributed by atoms with Gasteiger partial charge in [0.1, 0.15) is 13.1 Å². The van der Waals surface area contributed by atoms with E-state index in [2.05, 4.69) is 15.2 Å². The summed E-state index contributed by atoms with van der Waals surface area (Å²) in [5.41, 5.74) is 0. The summed E-state index contributed by atoms with van der Waals surface area (Å²) in [5, 5.41) is 4.27. The zero-order chi connectivity index (χ0) is 15.1. The third-order valence-corrected chi connectivity index (χ3v) is 3.59. The first-order chi connectivity index (χ1) is 10.2. The second kappa shape index (κ2) is 7.58. The summed E-state index contributed by atoms with van der Waals surface area (Å²) in [6, 6.07) is 5.98. The highest BCUT2D eigenvalue weighted by molar-refractivity contribution is 5.78. The number of pyridine rings is 1. The van der Waals surface area contributed by atoms with Crippen molar-refractivity contribution in [3.8, 4) is 0 Å². The molecule has 0 unspecified atom stereocenters. The molecule has 0 saturated carbocycles. The third kappa shape index (κ3) is 4.42.